The van der Waals surface area contributed by atoms with Gasteiger partial charge in [0.25, 0.3) is 11.8 Å². The second-order valence-corrected chi connectivity index (χ2v) is 9.94. The van der Waals surface area contributed by atoms with Gasteiger partial charge in [-0.05, 0) is 73.4 Å². The van der Waals surface area contributed by atoms with Crippen molar-refractivity contribution in [3.8, 4) is 5.75 Å². The number of methoxy groups -OCH3 is 1. The minimum absolute atomic E-state index is 0.225. The van der Waals surface area contributed by atoms with Gasteiger partial charge >= 0.3 is 6.03 Å². The number of hydrogen-bond acceptors (Lipinski definition) is 4. The SMILES string of the molecule is COc1ccc2[nH]c3c(c2c1)CCN1C(=O)N(c2ccccc2C(=O)NCCc2ccc(F)cc2)C(=O)C31C. The molecule has 0 saturated carbocycles. The second-order valence-electron chi connectivity index (χ2n) is 9.94. The maximum Gasteiger partial charge on any atom is 0.332 e. The van der Waals surface area contributed by atoms with E-state index in [1.165, 1.54) is 12.1 Å². The van der Waals surface area contributed by atoms with Gasteiger partial charge < -0.3 is 19.9 Å². The summed E-state index contributed by atoms with van der Waals surface area (Å²) in [5, 5.41) is 3.82. The zero-order valence-electron chi connectivity index (χ0n) is 21.6. The van der Waals surface area contributed by atoms with Crippen molar-refractivity contribution in [3.05, 3.63) is 94.9 Å². The first kappa shape index (κ1) is 24.7. The van der Waals surface area contributed by atoms with Gasteiger partial charge in [0.15, 0.2) is 5.54 Å². The number of nitrogens with one attached hydrogen (secondary N) is 2. The van der Waals surface area contributed by atoms with Crippen LogP contribution in [0.3, 0.4) is 0 Å². The Morgan fingerprint density at radius 1 is 1.10 bits per heavy atom. The Kier molecular flexibility index (Phi) is 5.86. The summed E-state index contributed by atoms with van der Waals surface area (Å²) < 4.78 is 18.6. The number of imide groups is 1. The molecule has 8 nitrogen and oxygen atoms in total. The lowest BCUT2D eigenvalue weighted by molar-refractivity contribution is -0.125. The van der Waals surface area contributed by atoms with Crippen LogP contribution in [0.15, 0.2) is 66.7 Å². The number of H-pyrrole nitrogens is 1. The van der Waals surface area contributed by atoms with Gasteiger partial charge in [-0.15, -0.1) is 0 Å². The van der Waals surface area contributed by atoms with Crippen LogP contribution in [0.25, 0.3) is 10.9 Å². The molecule has 9 heteroatoms. The fourth-order valence-electron chi connectivity index (χ4n) is 5.69. The van der Waals surface area contributed by atoms with Crippen molar-refractivity contribution in [2.45, 2.75) is 25.3 Å². The molecule has 1 fully saturated rings. The number of fused-ring (bicyclic) bond motifs is 5. The number of anilines is 1. The van der Waals surface area contributed by atoms with Gasteiger partial charge in [0.1, 0.15) is 11.6 Å². The first-order valence-electron chi connectivity index (χ1n) is 12.8. The lowest BCUT2D eigenvalue weighted by Crippen LogP contribution is -2.49. The fourth-order valence-corrected chi connectivity index (χ4v) is 5.69. The van der Waals surface area contributed by atoms with Crippen molar-refractivity contribution in [1.29, 1.82) is 0 Å². The number of aromatic amines is 1. The Morgan fingerprint density at radius 2 is 1.87 bits per heavy atom. The third kappa shape index (κ3) is 3.84. The van der Waals surface area contributed by atoms with Gasteiger partial charge in [-0.1, -0.05) is 24.3 Å². The lowest BCUT2D eigenvalue weighted by Gasteiger charge is -2.35. The van der Waals surface area contributed by atoms with Gasteiger partial charge in [-0.3, -0.25) is 9.59 Å². The molecule has 1 atom stereocenters. The molecule has 0 spiro atoms. The second kappa shape index (κ2) is 9.27. The van der Waals surface area contributed by atoms with Gasteiger partial charge in [0.05, 0.1) is 24.1 Å². The van der Waals surface area contributed by atoms with E-state index in [-0.39, 0.29) is 17.1 Å². The van der Waals surface area contributed by atoms with Crippen LogP contribution in [0.4, 0.5) is 14.9 Å². The number of ether oxygens (including phenoxy) is 1. The minimum Gasteiger partial charge on any atom is -0.497 e. The molecule has 1 aromatic heterocycles. The lowest BCUT2D eigenvalue weighted by atomic mass is 9.87. The Morgan fingerprint density at radius 3 is 2.64 bits per heavy atom. The van der Waals surface area contributed by atoms with Crippen molar-refractivity contribution in [3.63, 3.8) is 0 Å². The molecule has 6 rings (SSSR count). The largest absolute Gasteiger partial charge is 0.497 e. The number of carbonyl (C=O) groups is 3. The van der Waals surface area contributed by atoms with E-state index in [1.54, 1.807) is 55.3 Å². The molecule has 3 aromatic carbocycles. The first-order valence-corrected chi connectivity index (χ1v) is 12.8. The van der Waals surface area contributed by atoms with Crippen LogP contribution in [0.2, 0.25) is 0 Å². The topological polar surface area (TPSA) is 94.7 Å². The molecule has 0 radical (unpaired) electrons. The molecule has 4 amide bonds. The third-order valence-corrected chi connectivity index (χ3v) is 7.77. The maximum absolute atomic E-state index is 14.1. The number of para-hydroxylation sites is 1. The van der Waals surface area contributed by atoms with E-state index in [1.807, 2.05) is 18.2 Å². The number of hydrogen-bond donors (Lipinski definition) is 2. The van der Waals surface area contributed by atoms with E-state index in [9.17, 15) is 18.8 Å². The van der Waals surface area contributed by atoms with Gasteiger partial charge in [0.2, 0.25) is 0 Å². The van der Waals surface area contributed by atoms with E-state index in [0.29, 0.717) is 37.4 Å². The molecule has 2 aliphatic heterocycles. The summed E-state index contributed by atoms with van der Waals surface area (Å²) >= 11 is 0. The van der Waals surface area contributed by atoms with Crippen molar-refractivity contribution >= 4 is 34.4 Å². The molecule has 3 heterocycles. The van der Waals surface area contributed by atoms with Crippen molar-refractivity contribution in [2.75, 3.05) is 25.1 Å². The first-order chi connectivity index (χ1) is 18.8. The number of nitrogens with zero attached hydrogens (tertiary/aromatic N) is 2. The van der Waals surface area contributed by atoms with E-state index < -0.39 is 23.4 Å². The average molecular weight is 527 g/mol. The smallest absolute Gasteiger partial charge is 0.332 e. The highest BCUT2D eigenvalue weighted by Gasteiger charge is 2.59. The normalized spacial score (nSPS) is 18.3. The van der Waals surface area contributed by atoms with Crippen LogP contribution in [0.5, 0.6) is 5.75 Å². The highest BCUT2D eigenvalue weighted by Crippen LogP contribution is 2.46. The number of carbonyl (C=O) groups excluding carboxylic acids is 3. The van der Waals surface area contributed by atoms with E-state index >= 15 is 0 Å². The van der Waals surface area contributed by atoms with E-state index in [2.05, 4.69) is 10.3 Å². The van der Waals surface area contributed by atoms with Crippen molar-refractivity contribution in [2.24, 2.45) is 0 Å². The Labute approximate surface area is 224 Å². The molecular weight excluding hydrogens is 499 g/mol. The molecule has 0 aliphatic carbocycles. The maximum atomic E-state index is 14.1. The van der Waals surface area contributed by atoms with Crippen LogP contribution in [-0.2, 0) is 23.2 Å². The number of rotatable bonds is 6. The quantitative estimate of drug-likeness (QED) is 0.361. The number of aromatic nitrogens is 1. The Balaban J connectivity index is 1.31. The summed E-state index contributed by atoms with van der Waals surface area (Å²) in [6.07, 6.45) is 1.09. The van der Waals surface area contributed by atoms with Crippen LogP contribution >= 0.6 is 0 Å². The number of benzene rings is 3. The molecule has 39 heavy (non-hydrogen) atoms. The minimum atomic E-state index is -1.25. The average Bonchev–Trinajstić information content (AvgIpc) is 3.42. The molecule has 0 bridgehead atoms. The van der Waals surface area contributed by atoms with Crippen molar-refractivity contribution in [1.82, 2.24) is 15.2 Å². The highest BCUT2D eigenvalue weighted by molar-refractivity contribution is 6.25. The summed E-state index contributed by atoms with van der Waals surface area (Å²) in [4.78, 5) is 47.1. The molecule has 198 valence electrons. The van der Waals surface area contributed by atoms with Crippen LogP contribution < -0.4 is 15.0 Å². The van der Waals surface area contributed by atoms with Crippen molar-refractivity contribution < 1.29 is 23.5 Å². The summed E-state index contributed by atoms with van der Waals surface area (Å²) in [6.45, 7) is 2.43. The molecular formula is C30H27FN4O4. The van der Waals surface area contributed by atoms with Crippen LogP contribution in [-0.4, -0.2) is 47.9 Å². The zero-order chi connectivity index (χ0) is 27.3. The van der Waals surface area contributed by atoms with Gasteiger partial charge in [0, 0.05) is 24.0 Å². The predicted molar refractivity (Wildman–Crippen MR) is 144 cm³/mol. The standard InChI is InChI=1S/C30H27FN4O4/c1-30-26-21(23-17-20(39-2)11-12-24(23)33-26)14-16-34(30)29(38)35(28(30)37)25-6-4-3-5-22(25)27(36)32-15-13-18-7-9-19(31)10-8-18/h3-12,17,33H,13-16H2,1-2H3,(H,32,36). The Bertz CT molecular complexity index is 1630. The summed E-state index contributed by atoms with van der Waals surface area (Å²) in [7, 11) is 1.61. The summed E-state index contributed by atoms with van der Waals surface area (Å²) in [5.74, 6) is -0.423. The van der Waals surface area contributed by atoms with Gasteiger partial charge in [-0.2, -0.15) is 0 Å². The molecule has 2 aliphatic rings. The fraction of sp³-hybridized carbons (Fsp3) is 0.233. The predicted octanol–water partition coefficient (Wildman–Crippen LogP) is 4.53. The van der Waals surface area contributed by atoms with Crippen LogP contribution in [0, 0.1) is 5.82 Å². The summed E-state index contributed by atoms with van der Waals surface area (Å²) in [5.41, 5.74) is 2.62. The third-order valence-electron chi connectivity index (χ3n) is 7.77. The van der Waals surface area contributed by atoms with Crippen LogP contribution in [0.1, 0.15) is 34.1 Å². The molecule has 2 N–H and O–H groups in total. The summed E-state index contributed by atoms with van der Waals surface area (Å²) in [6, 6.07) is 17.9. The van der Waals surface area contributed by atoms with E-state index in [4.69, 9.17) is 4.74 Å². The number of halogens is 1. The number of urea groups is 1. The zero-order valence-corrected chi connectivity index (χ0v) is 21.6. The van der Waals surface area contributed by atoms with E-state index in [0.717, 1.165) is 26.9 Å². The highest BCUT2D eigenvalue weighted by atomic mass is 19.1. The molecule has 1 unspecified atom stereocenters. The number of amides is 4. The van der Waals surface area contributed by atoms with Gasteiger partial charge in [-0.25, -0.2) is 14.1 Å². The molecule has 4 aromatic rings. The Hall–Kier alpha value is -4.66. The monoisotopic (exact) mass is 526 g/mol. The molecule has 1 saturated heterocycles.